The quantitative estimate of drug-likeness (QED) is 0.135. The van der Waals surface area contributed by atoms with E-state index < -0.39 is 0 Å². The van der Waals surface area contributed by atoms with Crippen LogP contribution in [-0.4, -0.2) is 19.9 Å². The van der Waals surface area contributed by atoms with E-state index in [9.17, 15) is 0 Å². The first-order valence-corrected chi connectivity index (χ1v) is 17.9. The second-order valence-corrected chi connectivity index (χ2v) is 14.1. The molecular formula is C48H34N4. The van der Waals surface area contributed by atoms with Crippen molar-refractivity contribution in [2.75, 3.05) is 0 Å². The molecule has 0 N–H and O–H groups in total. The molecule has 246 valence electrons. The minimum Gasteiger partial charge on any atom is -0.264 e. The molecule has 9 aromatic rings. The molecule has 1 aliphatic carbocycles. The van der Waals surface area contributed by atoms with Gasteiger partial charge in [-0.15, -0.1) is 0 Å². The number of rotatable bonds is 5. The van der Waals surface area contributed by atoms with E-state index in [0.717, 1.165) is 62.6 Å². The summed E-state index contributed by atoms with van der Waals surface area (Å²) < 4.78 is 0. The van der Waals surface area contributed by atoms with Gasteiger partial charge in [0.05, 0.1) is 22.8 Å². The maximum atomic E-state index is 5.20. The van der Waals surface area contributed by atoms with E-state index in [4.69, 9.17) is 9.97 Å². The lowest BCUT2D eigenvalue weighted by Crippen LogP contribution is -2.12. The van der Waals surface area contributed by atoms with E-state index in [0.29, 0.717) is 0 Å². The van der Waals surface area contributed by atoms with Gasteiger partial charge in [0.15, 0.2) is 0 Å². The Morgan fingerprint density at radius 3 is 1.85 bits per heavy atom. The fourth-order valence-electron chi connectivity index (χ4n) is 8.26. The van der Waals surface area contributed by atoms with Crippen LogP contribution in [0.5, 0.6) is 0 Å². The molecule has 0 radical (unpaired) electrons. The molecule has 4 nitrogen and oxygen atoms in total. The molecule has 10 rings (SSSR count). The molecule has 0 aliphatic heterocycles. The van der Waals surface area contributed by atoms with Gasteiger partial charge in [-0.2, -0.15) is 0 Å². The van der Waals surface area contributed by atoms with Gasteiger partial charge in [0, 0.05) is 53.0 Å². The van der Waals surface area contributed by atoms with Crippen LogP contribution in [0.15, 0.2) is 152 Å². The number of aromatic nitrogens is 4. The normalized spacial score (nSPS) is 13.7. The highest BCUT2D eigenvalue weighted by atomic mass is 14.7. The van der Waals surface area contributed by atoms with Gasteiger partial charge in [-0.3, -0.25) is 9.97 Å². The summed E-state index contributed by atoms with van der Waals surface area (Å²) in [6, 6.07) is 46.4. The third-order valence-electron chi connectivity index (χ3n) is 10.6. The zero-order valence-corrected chi connectivity index (χ0v) is 29.0. The first kappa shape index (κ1) is 30.3. The molecule has 1 unspecified atom stereocenters. The first-order valence-electron chi connectivity index (χ1n) is 17.9. The van der Waals surface area contributed by atoms with Crippen LogP contribution >= 0.6 is 0 Å². The van der Waals surface area contributed by atoms with Gasteiger partial charge < -0.3 is 0 Å². The Morgan fingerprint density at radius 1 is 0.481 bits per heavy atom. The standard InChI is InChI=1S/C48H34N4/c1-29-20-36(27-49-25-29)43-11-6-10-42(51-43)33-15-14-32-22-34-17-19-39-38(45-13-7-12-44(52-45)37-21-30(2)26-50-28-37)18-16-35-24-40(31-8-4-3-5-9-31)48(41(32)23-33)47(34)46(35)39/h3-23,25-28,40H,24H2,1-2H3. The Morgan fingerprint density at radius 2 is 1.13 bits per heavy atom. The third kappa shape index (κ3) is 5.06. The molecule has 4 heterocycles. The summed E-state index contributed by atoms with van der Waals surface area (Å²) in [6.45, 7) is 4.14. The Hall–Kier alpha value is -6.52. The number of pyridine rings is 4. The van der Waals surface area contributed by atoms with Crippen molar-refractivity contribution in [3.05, 3.63) is 180 Å². The Bertz CT molecular complexity index is 2860. The van der Waals surface area contributed by atoms with E-state index in [1.165, 1.54) is 49.0 Å². The van der Waals surface area contributed by atoms with E-state index in [2.05, 4.69) is 151 Å². The first-order chi connectivity index (χ1) is 25.6. The number of benzene rings is 5. The van der Waals surface area contributed by atoms with Gasteiger partial charge in [-0.05, 0) is 129 Å². The summed E-state index contributed by atoms with van der Waals surface area (Å²) in [4.78, 5) is 19.2. The summed E-state index contributed by atoms with van der Waals surface area (Å²) in [7, 11) is 0. The molecule has 0 spiro atoms. The summed E-state index contributed by atoms with van der Waals surface area (Å²) >= 11 is 0. The summed E-state index contributed by atoms with van der Waals surface area (Å²) in [5.74, 6) is 0.208. The average molecular weight is 667 g/mol. The maximum Gasteiger partial charge on any atom is 0.0725 e. The van der Waals surface area contributed by atoms with Crippen molar-refractivity contribution in [3.63, 3.8) is 0 Å². The fraction of sp³-hybridized carbons (Fsp3) is 0.0833. The fourth-order valence-corrected chi connectivity index (χ4v) is 8.26. The van der Waals surface area contributed by atoms with Crippen molar-refractivity contribution in [2.24, 2.45) is 0 Å². The summed E-state index contributed by atoms with van der Waals surface area (Å²) in [5, 5.41) is 7.69. The molecule has 1 aliphatic rings. The minimum atomic E-state index is 0.208. The average Bonchev–Trinajstić information content (AvgIpc) is 3.19. The third-order valence-corrected chi connectivity index (χ3v) is 10.6. The monoisotopic (exact) mass is 666 g/mol. The molecule has 0 saturated heterocycles. The number of fused-ring (bicyclic) bond motifs is 2. The second kappa shape index (κ2) is 12.1. The van der Waals surface area contributed by atoms with Crippen LogP contribution in [-0.2, 0) is 6.42 Å². The topological polar surface area (TPSA) is 51.6 Å². The van der Waals surface area contributed by atoms with Crippen molar-refractivity contribution in [1.82, 2.24) is 19.9 Å². The van der Waals surface area contributed by atoms with E-state index in [1.807, 2.05) is 24.8 Å². The lowest BCUT2D eigenvalue weighted by molar-refractivity contribution is 0.817. The Balaban J connectivity index is 1.21. The molecule has 0 bridgehead atoms. The predicted molar refractivity (Wildman–Crippen MR) is 213 cm³/mol. The molecule has 1 atom stereocenters. The SMILES string of the molecule is Cc1cncc(-c2cccc(-c3ccc4cc5ccc6c(-c7cccc(-c8cncc(C)c8)n7)ccc7c6c5c(c4c3)C(c3ccccc3)C7)n2)c1. The molecule has 4 aromatic heterocycles. The van der Waals surface area contributed by atoms with E-state index in [1.54, 1.807) is 0 Å². The molecule has 4 heteroatoms. The van der Waals surface area contributed by atoms with Gasteiger partial charge in [-0.25, -0.2) is 9.97 Å². The molecule has 5 aromatic carbocycles. The zero-order chi connectivity index (χ0) is 34.8. The molecule has 0 saturated carbocycles. The molecular weight excluding hydrogens is 633 g/mol. The highest BCUT2D eigenvalue weighted by Crippen LogP contribution is 2.49. The maximum absolute atomic E-state index is 5.20. The second-order valence-electron chi connectivity index (χ2n) is 14.1. The van der Waals surface area contributed by atoms with Crippen LogP contribution in [0.3, 0.4) is 0 Å². The summed E-state index contributed by atoms with van der Waals surface area (Å²) in [5.41, 5.74) is 14.4. The lowest BCUT2D eigenvalue weighted by Gasteiger charge is -2.29. The number of nitrogens with zero attached hydrogens (tertiary/aromatic N) is 4. The van der Waals surface area contributed by atoms with Gasteiger partial charge in [0.25, 0.3) is 0 Å². The van der Waals surface area contributed by atoms with Crippen LogP contribution in [0, 0.1) is 13.8 Å². The lowest BCUT2D eigenvalue weighted by atomic mass is 9.74. The molecule has 52 heavy (non-hydrogen) atoms. The van der Waals surface area contributed by atoms with Crippen LogP contribution in [0.1, 0.15) is 33.7 Å². The largest absolute Gasteiger partial charge is 0.264 e. The zero-order valence-electron chi connectivity index (χ0n) is 29.0. The number of aryl methyl sites for hydroxylation is 2. The van der Waals surface area contributed by atoms with Crippen molar-refractivity contribution >= 4 is 32.3 Å². The smallest absolute Gasteiger partial charge is 0.0725 e. The van der Waals surface area contributed by atoms with Gasteiger partial charge in [0.2, 0.25) is 0 Å². The van der Waals surface area contributed by atoms with Crippen molar-refractivity contribution in [3.8, 4) is 45.0 Å². The van der Waals surface area contributed by atoms with Crippen molar-refractivity contribution in [2.45, 2.75) is 26.2 Å². The van der Waals surface area contributed by atoms with Gasteiger partial charge in [-0.1, -0.05) is 78.9 Å². The van der Waals surface area contributed by atoms with Crippen molar-refractivity contribution in [1.29, 1.82) is 0 Å². The van der Waals surface area contributed by atoms with E-state index >= 15 is 0 Å². The van der Waals surface area contributed by atoms with Crippen LogP contribution in [0.2, 0.25) is 0 Å². The van der Waals surface area contributed by atoms with Gasteiger partial charge >= 0.3 is 0 Å². The number of hydrogen-bond acceptors (Lipinski definition) is 4. The highest BCUT2D eigenvalue weighted by molar-refractivity contribution is 6.20. The molecule has 0 amide bonds. The predicted octanol–water partition coefficient (Wildman–Crippen LogP) is 11.7. The van der Waals surface area contributed by atoms with E-state index in [-0.39, 0.29) is 5.92 Å². The summed E-state index contributed by atoms with van der Waals surface area (Å²) in [6.07, 6.45) is 8.47. The van der Waals surface area contributed by atoms with Crippen LogP contribution in [0.25, 0.3) is 77.3 Å². The van der Waals surface area contributed by atoms with Crippen LogP contribution in [0.4, 0.5) is 0 Å². The number of hydrogen-bond donors (Lipinski definition) is 0. The van der Waals surface area contributed by atoms with Crippen LogP contribution < -0.4 is 0 Å². The Kier molecular flexibility index (Phi) is 7.03. The van der Waals surface area contributed by atoms with Crippen molar-refractivity contribution < 1.29 is 0 Å². The molecule has 0 fully saturated rings. The Labute approximate surface area is 302 Å². The van der Waals surface area contributed by atoms with Gasteiger partial charge in [0.1, 0.15) is 0 Å². The minimum absolute atomic E-state index is 0.208. The highest BCUT2D eigenvalue weighted by Gasteiger charge is 2.28.